The Labute approximate surface area is 100 Å². The standard InChI is InChI=1S/C13H27N3/c1-15-9-6-13(11-15)16(2)10-5-12-3-7-14-8-4-12/h12-14H,3-11H2,1-2H3. The smallest absolute Gasteiger partial charge is 0.0232 e. The van der Waals surface area contributed by atoms with Gasteiger partial charge >= 0.3 is 0 Å². The molecule has 0 amide bonds. The minimum absolute atomic E-state index is 0.812. The molecule has 0 aromatic carbocycles. The first-order valence-electron chi connectivity index (χ1n) is 6.85. The lowest BCUT2D eigenvalue weighted by molar-refractivity contribution is 0.214. The van der Waals surface area contributed by atoms with Gasteiger partial charge in [-0.05, 0) is 71.9 Å². The Balaban J connectivity index is 1.64. The second-order valence-electron chi connectivity index (χ2n) is 5.67. The molecule has 94 valence electrons. The third-order valence-electron chi connectivity index (χ3n) is 4.34. The second-order valence-corrected chi connectivity index (χ2v) is 5.67. The average molecular weight is 225 g/mol. The lowest BCUT2D eigenvalue weighted by atomic mass is 9.94. The number of hydrogen-bond donors (Lipinski definition) is 1. The molecule has 1 atom stereocenters. The first-order valence-corrected chi connectivity index (χ1v) is 6.85. The molecular weight excluding hydrogens is 198 g/mol. The van der Waals surface area contributed by atoms with Crippen molar-refractivity contribution in [1.82, 2.24) is 15.1 Å². The highest BCUT2D eigenvalue weighted by Crippen LogP contribution is 2.18. The van der Waals surface area contributed by atoms with Crippen LogP contribution in [0.3, 0.4) is 0 Å². The quantitative estimate of drug-likeness (QED) is 0.770. The summed E-state index contributed by atoms with van der Waals surface area (Å²) in [5, 5.41) is 3.44. The van der Waals surface area contributed by atoms with Gasteiger partial charge < -0.3 is 15.1 Å². The monoisotopic (exact) mass is 225 g/mol. The molecule has 0 aromatic rings. The van der Waals surface area contributed by atoms with E-state index in [1.54, 1.807) is 0 Å². The lowest BCUT2D eigenvalue weighted by Gasteiger charge is -2.28. The number of nitrogens with zero attached hydrogens (tertiary/aromatic N) is 2. The number of rotatable bonds is 4. The highest BCUT2D eigenvalue weighted by Gasteiger charge is 2.23. The van der Waals surface area contributed by atoms with Crippen molar-refractivity contribution >= 4 is 0 Å². The molecular formula is C13H27N3. The topological polar surface area (TPSA) is 18.5 Å². The van der Waals surface area contributed by atoms with Crippen molar-refractivity contribution in [1.29, 1.82) is 0 Å². The summed E-state index contributed by atoms with van der Waals surface area (Å²) in [4.78, 5) is 5.04. The Morgan fingerprint density at radius 1 is 1.25 bits per heavy atom. The second kappa shape index (κ2) is 5.99. The molecule has 3 nitrogen and oxygen atoms in total. The van der Waals surface area contributed by atoms with Gasteiger partial charge in [-0.1, -0.05) is 0 Å². The van der Waals surface area contributed by atoms with E-state index in [4.69, 9.17) is 0 Å². The molecule has 2 heterocycles. The average Bonchev–Trinajstić information content (AvgIpc) is 2.74. The van der Waals surface area contributed by atoms with Gasteiger partial charge in [0, 0.05) is 12.6 Å². The number of nitrogens with one attached hydrogen (secondary N) is 1. The molecule has 0 saturated carbocycles. The molecule has 0 spiro atoms. The largest absolute Gasteiger partial charge is 0.317 e. The predicted octanol–water partition coefficient (Wildman–Crippen LogP) is 1.01. The van der Waals surface area contributed by atoms with Crippen LogP contribution in [-0.2, 0) is 0 Å². The number of piperidine rings is 1. The van der Waals surface area contributed by atoms with Crippen LogP contribution in [0, 0.1) is 5.92 Å². The number of hydrogen-bond acceptors (Lipinski definition) is 3. The minimum atomic E-state index is 0.812. The summed E-state index contributed by atoms with van der Waals surface area (Å²) in [6.07, 6.45) is 5.54. The summed E-state index contributed by atoms with van der Waals surface area (Å²) >= 11 is 0. The van der Waals surface area contributed by atoms with E-state index in [2.05, 4.69) is 29.2 Å². The molecule has 2 aliphatic rings. The van der Waals surface area contributed by atoms with E-state index in [0.717, 1.165) is 12.0 Å². The summed E-state index contributed by atoms with van der Waals surface area (Å²) in [6, 6.07) is 0.812. The van der Waals surface area contributed by atoms with Crippen LogP contribution in [0.2, 0.25) is 0 Å². The molecule has 0 radical (unpaired) electrons. The Kier molecular flexibility index (Phi) is 4.62. The van der Waals surface area contributed by atoms with Crippen LogP contribution in [0.15, 0.2) is 0 Å². The summed E-state index contributed by atoms with van der Waals surface area (Å²) in [5.74, 6) is 0.975. The molecule has 2 aliphatic heterocycles. The fraction of sp³-hybridized carbons (Fsp3) is 1.00. The first kappa shape index (κ1) is 12.3. The van der Waals surface area contributed by atoms with Crippen molar-refractivity contribution < 1.29 is 0 Å². The summed E-state index contributed by atoms with van der Waals surface area (Å²) < 4.78 is 0. The van der Waals surface area contributed by atoms with Crippen LogP contribution < -0.4 is 5.32 Å². The van der Waals surface area contributed by atoms with E-state index in [1.165, 1.54) is 58.4 Å². The Bertz CT molecular complexity index is 201. The van der Waals surface area contributed by atoms with E-state index in [0.29, 0.717) is 0 Å². The van der Waals surface area contributed by atoms with E-state index in [9.17, 15) is 0 Å². The zero-order valence-electron chi connectivity index (χ0n) is 10.9. The normalized spacial score (nSPS) is 29.1. The fourth-order valence-corrected chi connectivity index (χ4v) is 3.01. The van der Waals surface area contributed by atoms with Crippen molar-refractivity contribution in [3.63, 3.8) is 0 Å². The van der Waals surface area contributed by atoms with E-state index >= 15 is 0 Å². The van der Waals surface area contributed by atoms with Gasteiger partial charge in [-0.3, -0.25) is 0 Å². The van der Waals surface area contributed by atoms with Gasteiger partial charge in [-0.25, -0.2) is 0 Å². The maximum atomic E-state index is 3.44. The fourth-order valence-electron chi connectivity index (χ4n) is 3.01. The Hall–Kier alpha value is -0.120. The minimum Gasteiger partial charge on any atom is -0.317 e. The van der Waals surface area contributed by atoms with Crippen LogP contribution in [-0.4, -0.2) is 62.7 Å². The third-order valence-corrected chi connectivity index (χ3v) is 4.34. The van der Waals surface area contributed by atoms with E-state index < -0.39 is 0 Å². The molecule has 2 rings (SSSR count). The molecule has 3 heteroatoms. The van der Waals surface area contributed by atoms with E-state index in [1.807, 2.05) is 0 Å². The molecule has 1 N–H and O–H groups in total. The zero-order valence-corrected chi connectivity index (χ0v) is 10.9. The maximum absolute atomic E-state index is 3.44. The molecule has 16 heavy (non-hydrogen) atoms. The summed E-state index contributed by atoms with van der Waals surface area (Å²) in [6.45, 7) is 6.31. The van der Waals surface area contributed by atoms with Crippen LogP contribution in [0.5, 0.6) is 0 Å². The van der Waals surface area contributed by atoms with E-state index in [-0.39, 0.29) is 0 Å². The van der Waals surface area contributed by atoms with Gasteiger partial charge in [0.25, 0.3) is 0 Å². The van der Waals surface area contributed by atoms with Crippen molar-refractivity contribution in [2.75, 3.05) is 46.8 Å². The number of likely N-dealkylation sites (tertiary alicyclic amines) is 1. The van der Waals surface area contributed by atoms with Crippen LogP contribution in [0.25, 0.3) is 0 Å². The van der Waals surface area contributed by atoms with Gasteiger partial charge in [0.1, 0.15) is 0 Å². The van der Waals surface area contributed by atoms with Gasteiger partial charge in [-0.2, -0.15) is 0 Å². The maximum Gasteiger partial charge on any atom is 0.0232 e. The number of likely N-dealkylation sites (N-methyl/N-ethyl adjacent to an activating group) is 2. The summed E-state index contributed by atoms with van der Waals surface area (Å²) in [7, 11) is 4.55. The van der Waals surface area contributed by atoms with Crippen molar-refractivity contribution in [2.45, 2.75) is 31.7 Å². The van der Waals surface area contributed by atoms with Crippen molar-refractivity contribution in [3.8, 4) is 0 Å². The van der Waals surface area contributed by atoms with Gasteiger partial charge in [0.05, 0.1) is 0 Å². The third kappa shape index (κ3) is 3.44. The van der Waals surface area contributed by atoms with Gasteiger partial charge in [-0.15, -0.1) is 0 Å². The highest BCUT2D eigenvalue weighted by atomic mass is 15.2. The molecule has 0 bridgehead atoms. The lowest BCUT2D eigenvalue weighted by Crippen LogP contribution is -2.36. The van der Waals surface area contributed by atoms with Gasteiger partial charge in [0.15, 0.2) is 0 Å². The first-order chi connectivity index (χ1) is 7.75. The Morgan fingerprint density at radius 2 is 2.00 bits per heavy atom. The van der Waals surface area contributed by atoms with Crippen molar-refractivity contribution in [3.05, 3.63) is 0 Å². The van der Waals surface area contributed by atoms with Crippen LogP contribution in [0.4, 0.5) is 0 Å². The zero-order chi connectivity index (χ0) is 11.4. The highest BCUT2D eigenvalue weighted by molar-refractivity contribution is 4.80. The van der Waals surface area contributed by atoms with Crippen LogP contribution >= 0.6 is 0 Å². The molecule has 2 saturated heterocycles. The molecule has 0 aromatic heterocycles. The molecule has 0 aliphatic carbocycles. The van der Waals surface area contributed by atoms with Gasteiger partial charge in [0.2, 0.25) is 0 Å². The molecule has 2 fully saturated rings. The molecule has 1 unspecified atom stereocenters. The van der Waals surface area contributed by atoms with Crippen molar-refractivity contribution in [2.24, 2.45) is 5.92 Å². The SMILES string of the molecule is CN1CCC(N(C)CCC2CCNCC2)C1. The van der Waals surface area contributed by atoms with Crippen LogP contribution in [0.1, 0.15) is 25.7 Å². The summed E-state index contributed by atoms with van der Waals surface area (Å²) in [5.41, 5.74) is 0. The Morgan fingerprint density at radius 3 is 2.62 bits per heavy atom. The predicted molar refractivity (Wildman–Crippen MR) is 68.7 cm³/mol.